The van der Waals surface area contributed by atoms with Crippen LogP contribution in [-0.4, -0.2) is 31.1 Å². The van der Waals surface area contributed by atoms with Crippen molar-refractivity contribution in [3.63, 3.8) is 0 Å². The van der Waals surface area contributed by atoms with Gasteiger partial charge in [-0.2, -0.15) is 5.10 Å². The third-order valence-electron chi connectivity index (χ3n) is 3.16. The molecule has 0 radical (unpaired) electrons. The number of nitrogens with two attached hydrogens (primary N) is 1. The highest BCUT2D eigenvalue weighted by Gasteiger charge is 2.32. The zero-order valence-electron chi connectivity index (χ0n) is 13.2. The molecular weight excluding hydrogens is 286 g/mol. The van der Waals surface area contributed by atoms with Crippen molar-refractivity contribution in [1.29, 1.82) is 0 Å². The standard InChI is InChI=1S/C15H21N3O4/c1-5-21-13-7-11-9(6-12(13)20-4)10(17-18-14(16)19)8-15(2,3)22-11/h6-7H,5,8H2,1-4H3,(H3,16,18,19)/b17-10-. The highest BCUT2D eigenvalue weighted by Crippen LogP contribution is 2.40. The molecule has 7 heteroatoms. The Bertz CT molecular complexity index is 611. The minimum absolute atomic E-state index is 0.455. The van der Waals surface area contributed by atoms with E-state index in [0.29, 0.717) is 36.0 Å². The fourth-order valence-electron chi connectivity index (χ4n) is 2.33. The average molecular weight is 307 g/mol. The van der Waals surface area contributed by atoms with Crippen molar-refractivity contribution in [2.45, 2.75) is 32.8 Å². The molecule has 0 atom stereocenters. The number of nitrogens with zero attached hydrogens (tertiary/aromatic N) is 1. The van der Waals surface area contributed by atoms with Crippen molar-refractivity contribution in [2.75, 3.05) is 13.7 Å². The van der Waals surface area contributed by atoms with Crippen molar-refractivity contribution >= 4 is 11.7 Å². The van der Waals surface area contributed by atoms with Gasteiger partial charge in [-0.1, -0.05) is 0 Å². The maximum atomic E-state index is 10.9. The Kier molecular flexibility index (Phi) is 4.44. The SMILES string of the molecule is CCOc1cc2c(cc1OC)/C(=N\NC(N)=O)CC(C)(C)O2. The summed E-state index contributed by atoms with van der Waals surface area (Å²) in [6, 6.07) is 2.85. The molecule has 0 fully saturated rings. The van der Waals surface area contributed by atoms with Crippen LogP contribution in [0.3, 0.4) is 0 Å². The lowest BCUT2D eigenvalue weighted by atomic mass is 9.92. The molecule has 1 aliphatic heterocycles. The average Bonchev–Trinajstić information content (AvgIpc) is 2.43. The second kappa shape index (κ2) is 6.13. The van der Waals surface area contributed by atoms with Crippen molar-refractivity contribution in [2.24, 2.45) is 10.8 Å². The number of urea groups is 1. The molecule has 0 bridgehead atoms. The number of rotatable bonds is 4. The summed E-state index contributed by atoms with van der Waals surface area (Å²) in [6.45, 7) is 6.30. The largest absolute Gasteiger partial charge is 0.493 e. The van der Waals surface area contributed by atoms with Crippen LogP contribution in [0.25, 0.3) is 0 Å². The van der Waals surface area contributed by atoms with E-state index in [0.717, 1.165) is 5.56 Å². The second-order valence-electron chi connectivity index (χ2n) is 5.51. The number of fused-ring (bicyclic) bond motifs is 1. The van der Waals surface area contributed by atoms with Crippen molar-refractivity contribution in [1.82, 2.24) is 5.43 Å². The Balaban J connectivity index is 2.51. The minimum Gasteiger partial charge on any atom is -0.493 e. The van der Waals surface area contributed by atoms with Crippen LogP contribution in [0.2, 0.25) is 0 Å². The molecule has 0 unspecified atom stereocenters. The number of primary amides is 1. The number of benzene rings is 1. The van der Waals surface area contributed by atoms with Gasteiger partial charge in [0.1, 0.15) is 11.4 Å². The number of nitrogens with one attached hydrogen (secondary N) is 1. The summed E-state index contributed by atoms with van der Waals surface area (Å²) in [5.74, 6) is 1.81. The van der Waals surface area contributed by atoms with Crippen LogP contribution in [-0.2, 0) is 0 Å². The Hall–Kier alpha value is -2.44. The van der Waals surface area contributed by atoms with Crippen LogP contribution in [0.1, 0.15) is 32.8 Å². The van der Waals surface area contributed by atoms with E-state index in [9.17, 15) is 4.79 Å². The van der Waals surface area contributed by atoms with Crippen LogP contribution in [0, 0.1) is 0 Å². The van der Waals surface area contributed by atoms with Crippen molar-refractivity contribution < 1.29 is 19.0 Å². The van der Waals surface area contributed by atoms with Gasteiger partial charge in [-0.25, -0.2) is 10.2 Å². The lowest BCUT2D eigenvalue weighted by molar-refractivity contribution is 0.110. The smallest absolute Gasteiger partial charge is 0.332 e. The number of carbonyl (C=O) groups is 1. The maximum absolute atomic E-state index is 10.9. The minimum atomic E-state index is -0.712. The van der Waals surface area contributed by atoms with Crippen LogP contribution < -0.4 is 25.4 Å². The first-order valence-corrected chi connectivity index (χ1v) is 7.02. The monoisotopic (exact) mass is 307 g/mol. The van der Waals surface area contributed by atoms with Gasteiger partial charge < -0.3 is 19.9 Å². The molecule has 1 aromatic rings. The third-order valence-corrected chi connectivity index (χ3v) is 3.16. The summed E-state index contributed by atoms with van der Waals surface area (Å²) < 4.78 is 16.9. The van der Waals surface area contributed by atoms with E-state index in [1.165, 1.54) is 0 Å². The number of amides is 2. The van der Waals surface area contributed by atoms with E-state index in [-0.39, 0.29) is 0 Å². The molecular formula is C15H21N3O4. The van der Waals surface area contributed by atoms with Crippen LogP contribution in [0.4, 0.5) is 4.79 Å². The van der Waals surface area contributed by atoms with Gasteiger partial charge in [-0.05, 0) is 26.8 Å². The first-order chi connectivity index (χ1) is 10.4. The fraction of sp³-hybridized carbons (Fsp3) is 0.467. The quantitative estimate of drug-likeness (QED) is 0.832. The Morgan fingerprint density at radius 1 is 1.45 bits per heavy atom. The van der Waals surface area contributed by atoms with Gasteiger partial charge >= 0.3 is 6.03 Å². The number of carbonyl (C=O) groups excluding carboxylic acids is 1. The van der Waals surface area contributed by atoms with Gasteiger partial charge in [-0.3, -0.25) is 0 Å². The molecule has 0 saturated heterocycles. The van der Waals surface area contributed by atoms with E-state index in [1.54, 1.807) is 19.2 Å². The summed E-state index contributed by atoms with van der Waals surface area (Å²) in [5.41, 5.74) is 8.32. The predicted molar refractivity (Wildman–Crippen MR) is 82.7 cm³/mol. The molecule has 0 spiro atoms. The van der Waals surface area contributed by atoms with Gasteiger partial charge in [0.25, 0.3) is 0 Å². The molecule has 0 saturated carbocycles. The van der Waals surface area contributed by atoms with E-state index in [4.69, 9.17) is 19.9 Å². The van der Waals surface area contributed by atoms with Gasteiger partial charge in [0.15, 0.2) is 11.5 Å². The normalized spacial score (nSPS) is 17.4. The lowest BCUT2D eigenvalue weighted by Crippen LogP contribution is -2.37. The molecule has 2 rings (SSSR count). The number of hydrogen-bond donors (Lipinski definition) is 2. The number of methoxy groups -OCH3 is 1. The van der Waals surface area contributed by atoms with Gasteiger partial charge in [0.05, 0.1) is 19.4 Å². The number of hydrazone groups is 1. The summed E-state index contributed by atoms with van der Waals surface area (Å²) in [7, 11) is 1.57. The molecule has 0 aliphatic carbocycles. The Labute approximate surface area is 129 Å². The highest BCUT2D eigenvalue weighted by molar-refractivity contribution is 6.05. The maximum Gasteiger partial charge on any atom is 0.332 e. The second-order valence-corrected chi connectivity index (χ2v) is 5.51. The van der Waals surface area contributed by atoms with Crippen molar-refractivity contribution in [3.05, 3.63) is 17.7 Å². The number of hydrogen-bond acceptors (Lipinski definition) is 5. The van der Waals surface area contributed by atoms with Crippen LogP contribution in [0.15, 0.2) is 17.2 Å². The first kappa shape index (κ1) is 15.9. The molecule has 22 heavy (non-hydrogen) atoms. The van der Waals surface area contributed by atoms with Crippen LogP contribution in [0.5, 0.6) is 17.2 Å². The molecule has 0 aromatic heterocycles. The first-order valence-electron chi connectivity index (χ1n) is 7.02. The molecule has 3 N–H and O–H groups in total. The summed E-state index contributed by atoms with van der Waals surface area (Å²) in [5, 5.41) is 4.09. The summed E-state index contributed by atoms with van der Waals surface area (Å²) in [6.07, 6.45) is 0.525. The summed E-state index contributed by atoms with van der Waals surface area (Å²) >= 11 is 0. The summed E-state index contributed by atoms with van der Waals surface area (Å²) in [4.78, 5) is 10.9. The predicted octanol–water partition coefficient (Wildman–Crippen LogP) is 2.03. The Morgan fingerprint density at radius 2 is 2.18 bits per heavy atom. The van der Waals surface area contributed by atoms with E-state index >= 15 is 0 Å². The molecule has 1 aromatic carbocycles. The third kappa shape index (κ3) is 3.41. The molecule has 120 valence electrons. The van der Waals surface area contributed by atoms with E-state index in [1.807, 2.05) is 20.8 Å². The van der Waals surface area contributed by atoms with Gasteiger partial charge in [0.2, 0.25) is 0 Å². The van der Waals surface area contributed by atoms with Gasteiger partial charge in [0, 0.05) is 18.1 Å². The lowest BCUT2D eigenvalue weighted by Gasteiger charge is -2.33. The van der Waals surface area contributed by atoms with E-state index < -0.39 is 11.6 Å². The molecule has 2 amide bonds. The Morgan fingerprint density at radius 3 is 2.77 bits per heavy atom. The fourth-order valence-corrected chi connectivity index (χ4v) is 2.33. The van der Waals surface area contributed by atoms with Gasteiger partial charge in [-0.15, -0.1) is 0 Å². The topological polar surface area (TPSA) is 95.2 Å². The highest BCUT2D eigenvalue weighted by atomic mass is 16.5. The van der Waals surface area contributed by atoms with Crippen molar-refractivity contribution in [3.8, 4) is 17.2 Å². The number of ether oxygens (including phenoxy) is 3. The van der Waals surface area contributed by atoms with Crippen LogP contribution >= 0.6 is 0 Å². The molecule has 1 aliphatic rings. The molecule has 1 heterocycles. The van der Waals surface area contributed by atoms with E-state index in [2.05, 4.69) is 10.5 Å². The zero-order valence-corrected chi connectivity index (χ0v) is 13.2. The molecule has 7 nitrogen and oxygen atoms in total. The zero-order chi connectivity index (χ0) is 16.3.